The molecule has 0 saturated heterocycles. The van der Waals surface area contributed by atoms with Gasteiger partial charge in [-0.3, -0.25) is 0 Å². The summed E-state index contributed by atoms with van der Waals surface area (Å²) in [7, 11) is 0. The molecule has 2 nitrogen and oxygen atoms in total. The normalized spacial score (nSPS) is 12.0. The predicted octanol–water partition coefficient (Wildman–Crippen LogP) is 2.91. The molecule has 1 rings (SSSR count). The minimum Gasteiger partial charge on any atom is -0.396 e. The maximum absolute atomic E-state index is 8.73. The molecule has 0 aromatic heterocycles. The lowest BCUT2D eigenvalue weighted by Crippen LogP contribution is -2.12. The Hall–Kier alpha value is 0.200. The van der Waals surface area contributed by atoms with E-state index < -0.39 is 0 Å². The maximum atomic E-state index is 8.73. The van der Waals surface area contributed by atoms with E-state index in [0.717, 1.165) is 10.0 Å². The standard InChI is InChI=1S/C9H11BrClNO.ClH/c10-8-2-1-6(11)5-7(8)9(12)3-4-13;/h1-2,5,9,13H,3-4,12H2;1H/t9-;/m0./s1. The van der Waals surface area contributed by atoms with Crippen molar-refractivity contribution in [2.75, 3.05) is 6.61 Å². The van der Waals surface area contributed by atoms with Crippen molar-refractivity contribution in [2.24, 2.45) is 5.73 Å². The first-order valence-corrected chi connectivity index (χ1v) is 5.13. The summed E-state index contributed by atoms with van der Waals surface area (Å²) in [5, 5.41) is 9.39. The van der Waals surface area contributed by atoms with Gasteiger partial charge in [-0.25, -0.2) is 0 Å². The number of rotatable bonds is 3. The highest BCUT2D eigenvalue weighted by atomic mass is 79.9. The maximum Gasteiger partial charge on any atom is 0.0449 e. The summed E-state index contributed by atoms with van der Waals surface area (Å²) in [6, 6.07) is 5.29. The highest BCUT2D eigenvalue weighted by molar-refractivity contribution is 9.10. The van der Waals surface area contributed by atoms with Gasteiger partial charge in [0.2, 0.25) is 0 Å². The summed E-state index contributed by atoms with van der Waals surface area (Å²) in [4.78, 5) is 0. The van der Waals surface area contributed by atoms with E-state index in [-0.39, 0.29) is 25.1 Å². The average molecular weight is 301 g/mol. The van der Waals surface area contributed by atoms with E-state index in [1.165, 1.54) is 0 Å². The van der Waals surface area contributed by atoms with Crippen LogP contribution < -0.4 is 5.73 Å². The third-order valence-corrected chi connectivity index (χ3v) is 2.75. The van der Waals surface area contributed by atoms with E-state index in [1.807, 2.05) is 12.1 Å². The Kier molecular flexibility index (Phi) is 6.74. The van der Waals surface area contributed by atoms with Crippen LogP contribution in [0.15, 0.2) is 22.7 Å². The topological polar surface area (TPSA) is 46.2 Å². The zero-order chi connectivity index (χ0) is 9.84. The first kappa shape index (κ1) is 14.2. The number of hydrogen-bond acceptors (Lipinski definition) is 2. The molecule has 1 atom stereocenters. The molecule has 0 spiro atoms. The number of nitrogens with two attached hydrogens (primary N) is 1. The van der Waals surface area contributed by atoms with Crippen molar-refractivity contribution in [1.29, 1.82) is 0 Å². The molecular formula is C9H12BrCl2NO. The second kappa shape index (κ2) is 6.64. The number of aliphatic hydroxyl groups is 1. The van der Waals surface area contributed by atoms with Crippen LogP contribution in [0.2, 0.25) is 5.02 Å². The lowest BCUT2D eigenvalue weighted by atomic mass is 10.1. The second-order valence-corrected chi connectivity index (χ2v) is 4.08. The van der Waals surface area contributed by atoms with Crippen LogP contribution in [0.4, 0.5) is 0 Å². The summed E-state index contributed by atoms with van der Waals surface area (Å²) in [6.07, 6.45) is 0.541. The summed E-state index contributed by atoms with van der Waals surface area (Å²) >= 11 is 9.20. The quantitative estimate of drug-likeness (QED) is 0.901. The van der Waals surface area contributed by atoms with Gasteiger partial charge in [0.1, 0.15) is 0 Å². The molecule has 14 heavy (non-hydrogen) atoms. The van der Waals surface area contributed by atoms with Crippen LogP contribution >= 0.6 is 39.9 Å². The Balaban J connectivity index is 0.00000169. The van der Waals surface area contributed by atoms with Crippen molar-refractivity contribution in [3.63, 3.8) is 0 Å². The van der Waals surface area contributed by atoms with Crippen LogP contribution in [0, 0.1) is 0 Å². The van der Waals surface area contributed by atoms with Crippen LogP contribution in [0.1, 0.15) is 18.0 Å². The zero-order valence-electron chi connectivity index (χ0n) is 7.41. The molecule has 0 radical (unpaired) electrons. The molecule has 0 aliphatic carbocycles. The SMILES string of the molecule is Cl.N[C@@H](CCO)c1cc(Cl)ccc1Br. The smallest absolute Gasteiger partial charge is 0.0449 e. The first-order chi connectivity index (χ1) is 6.15. The summed E-state index contributed by atoms with van der Waals surface area (Å²) < 4.78 is 0.929. The summed E-state index contributed by atoms with van der Waals surface area (Å²) in [6.45, 7) is 0.0835. The highest BCUT2D eigenvalue weighted by Crippen LogP contribution is 2.26. The lowest BCUT2D eigenvalue weighted by molar-refractivity contribution is 0.276. The van der Waals surface area contributed by atoms with E-state index >= 15 is 0 Å². The van der Waals surface area contributed by atoms with Crippen molar-refractivity contribution in [1.82, 2.24) is 0 Å². The van der Waals surface area contributed by atoms with Gasteiger partial charge in [0.15, 0.2) is 0 Å². The largest absolute Gasteiger partial charge is 0.396 e. The van der Waals surface area contributed by atoms with Crippen LogP contribution in [0.3, 0.4) is 0 Å². The molecule has 0 fully saturated rings. The molecule has 1 aromatic carbocycles. The van der Waals surface area contributed by atoms with Crippen molar-refractivity contribution in [2.45, 2.75) is 12.5 Å². The van der Waals surface area contributed by atoms with Crippen LogP contribution in [-0.2, 0) is 0 Å². The molecule has 3 N–H and O–H groups in total. The molecule has 0 aliphatic heterocycles. The number of hydrogen-bond donors (Lipinski definition) is 2. The van der Waals surface area contributed by atoms with Gasteiger partial charge in [-0.1, -0.05) is 27.5 Å². The third-order valence-electron chi connectivity index (χ3n) is 1.80. The second-order valence-electron chi connectivity index (χ2n) is 2.78. The number of aliphatic hydroxyl groups excluding tert-OH is 1. The van der Waals surface area contributed by atoms with Gasteiger partial charge in [0, 0.05) is 22.1 Å². The van der Waals surface area contributed by atoms with E-state index in [2.05, 4.69) is 15.9 Å². The fourth-order valence-electron chi connectivity index (χ4n) is 1.09. The minimum absolute atomic E-state index is 0. The van der Waals surface area contributed by atoms with E-state index in [0.29, 0.717) is 11.4 Å². The van der Waals surface area contributed by atoms with Gasteiger partial charge in [0.05, 0.1) is 0 Å². The van der Waals surface area contributed by atoms with Crippen LogP contribution in [-0.4, -0.2) is 11.7 Å². The Morgan fingerprint density at radius 3 is 2.71 bits per heavy atom. The monoisotopic (exact) mass is 299 g/mol. The molecule has 1 aromatic rings. The van der Waals surface area contributed by atoms with Gasteiger partial charge in [0.25, 0.3) is 0 Å². The molecule has 0 saturated carbocycles. The zero-order valence-corrected chi connectivity index (χ0v) is 10.6. The Bertz CT molecular complexity index is 296. The van der Waals surface area contributed by atoms with Gasteiger partial charge >= 0.3 is 0 Å². The molecule has 5 heteroatoms. The fourth-order valence-corrected chi connectivity index (χ4v) is 1.81. The molecule has 0 aliphatic rings. The number of halogens is 3. The Morgan fingerprint density at radius 1 is 1.50 bits per heavy atom. The van der Waals surface area contributed by atoms with Crippen LogP contribution in [0.5, 0.6) is 0 Å². The highest BCUT2D eigenvalue weighted by Gasteiger charge is 2.09. The molecule has 0 amide bonds. The third kappa shape index (κ3) is 3.75. The van der Waals surface area contributed by atoms with E-state index in [4.69, 9.17) is 22.4 Å². The average Bonchev–Trinajstić information content (AvgIpc) is 2.09. The Morgan fingerprint density at radius 2 is 2.14 bits per heavy atom. The van der Waals surface area contributed by atoms with Gasteiger partial charge in [-0.15, -0.1) is 12.4 Å². The Labute approximate surface area is 103 Å². The van der Waals surface area contributed by atoms with Crippen LogP contribution in [0.25, 0.3) is 0 Å². The van der Waals surface area contributed by atoms with Crippen molar-refractivity contribution < 1.29 is 5.11 Å². The summed E-state index contributed by atoms with van der Waals surface area (Å²) in [5.74, 6) is 0. The van der Waals surface area contributed by atoms with E-state index in [1.54, 1.807) is 6.07 Å². The van der Waals surface area contributed by atoms with Gasteiger partial charge in [-0.05, 0) is 30.2 Å². The molecule has 0 unspecified atom stereocenters. The summed E-state index contributed by atoms with van der Waals surface area (Å²) in [5.41, 5.74) is 6.76. The molecular weight excluding hydrogens is 289 g/mol. The first-order valence-electron chi connectivity index (χ1n) is 3.96. The van der Waals surface area contributed by atoms with Gasteiger partial charge < -0.3 is 10.8 Å². The number of benzene rings is 1. The lowest BCUT2D eigenvalue weighted by Gasteiger charge is -2.12. The van der Waals surface area contributed by atoms with Crippen molar-refractivity contribution >= 4 is 39.9 Å². The fraction of sp³-hybridized carbons (Fsp3) is 0.333. The van der Waals surface area contributed by atoms with Crippen molar-refractivity contribution in [3.8, 4) is 0 Å². The van der Waals surface area contributed by atoms with Crippen molar-refractivity contribution in [3.05, 3.63) is 33.3 Å². The predicted molar refractivity (Wildman–Crippen MR) is 65.0 cm³/mol. The molecule has 80 valence electrons. The molecule has 0 bridgehead atoms. The molecule has 0 heterocycles. The van der Waals surface area contributed by atoms with E-state index in [9.17, 15) is 0 Å². The minimum atomic E-state index is -0.168. The van der Waals surface area contributed by atoms with Gasteiger partial charge in [-0.2, -0.15) is 0 Å².